The molecule has 5 nitrogen and oxygen atoms in total. The maximum Gasteiger partial charge on any atom is 0.224 e. The zero-order valence-corrected chi connectivity index (χ0v) is 17.4. The molecule has 6 heteroatoms. The van der Waals surface area contributed by atoms with Gasteiger partial charge in [0.25, 0.3) is 0 Å². The van der Waals surface area contributed by atoms with Gasteiger partial charge in [0.1, 0.15) is 0 Å². The van der Waals surface area contributed by atoms with Crippen LogP contribution in [0.15, 0.2) is 18.2 Å². The van der Waals surface area contributed by atoms with Crippen molar-refractivity contribution in [3.8, 4) is 0 Å². The SMILES string of the molecule is CC1CC(C)c2cc(NC(=O)CCCCNS(=O)(=O)C(C)(C)C)ccc21. The summed E-state index contributed by atoms with van der Waals surface area (Å²) in [4.78, 5) is 12.1. The molecule has 0 aliphatic heterocycles. The third-order valence-electron chi connectivity index (χ3n) is 5.07. The quantitative estimate of drug-likeness (QED) is 0.699. The lowest BCUT2D eigenvalue weighted by Gasteiger charge is -2.19. The predicted octanol–water partition coefficient (Wildman–Crippen LogP) is 4.12. The minimum atomic E-state index is -3.31. The van der Waals surface area contributed by atoms with Gasteiger partial charge in [0.05, 0.1) is 4.75 Å². The standard InChI is InChI=1S/C20H32N2O3S/c1-14-12-15(2)18-13-16(9-10-17(14)18)22-19(23)8-6-7-11-21-26(24,25)20(3,4)5/h9-10,13-15,21H,6-8,11-12H2,1-5H3,(H,22,23). The number of carbonyl (C=O) groups excluding carboxylic acids is 1. The van der Waals surface area contributed by atoms with Crippen LogP contribution in [0.1, 0.15) is 83.3 Å². The van der Waals surface area contributed by atoms with Gasteiger partial charge in [-0.2, -0.15) is 0 Å². The zero-order chi connectivity index (χ0) is 19.5. The Balaban J connectivity index is 1.76. The van der Waals surface area contributed by atoms with Crippen LogP contribution in [-0.4, -0.2) is 25.6 Å². The number of rotatable bonds is 7. The van der Waals surface area contributed by atoms with E-state index in [1.807, 2.05) is 6.07 Å². The zero-order valence-electron chi connectivity index (χ0n) is 16.6. The van der Waals surface area contributed by atoms with E-state index in [1.165, 1.54) is 11.1 Å². The number of carbonyl (C=O) groups is 1. The molecule has 146 valence electrons. The highest BCUT2D eigenvalue weighted by molar-refractivity contribution is 7.90. The van der Waals surface area contributed by atoms with Crippen molar-refractivity contribution in [1.82, 2.24) is 4.72 Å². The van der Waals surface area contributed by atoms with Crippen molar-refractivity contribution >= 4 is 21.6 Å². The molecule has 2 N–H and O–H groups in total. The van der Waals surface area contributed by atoms with Crippen LogP contribution < -0.4 is 10.0 Å². The summed E-state index contributed by atoms with van der Waals surface area (Å²) in [5.41, 5.74) is 3.58. The Bertz CT molecular complexity index is 751. The second-order valence-corrected chi connectivity index (χ2v) is 10.9. The fourth-order valence-electron chi connectivity index (χ4n) is 3.37. The Hall–Kier alpha value is -1.40. The molecule has 1 amide bonds. The molecule has 0 saturated carbocycles. The topological polar surface area (TPSA) is 75.3 Å². The maximum absolute atomic E-state index is 12.1. The van der Waals surface area contributed by atoms with Crippen molar-refractivity contribution in [2.45, 2.75) is 76.9 Å². The average Bonchev–Trinajstić information content (AvgIpc) is 2.80. The van der Waals surface area contributed by atoms with Gasteiger partial charge in [0.2, 0.25) is 15.9 Å². The van der Waals surface area contributed by atoms with E-state index in [2.05, 4.69) is 36.0 Å². The van der Waals surface area contributed by atoms with Crippen LogP contribution in [0.5, 0.6) is 0 Å². The molecule has 0 fully saturated rings. The first-order chi connectivity index (χ1) is 12.0. The molecule has 0 heterocycles. The Morgan fingerprint density at radius 1 is 1.12 bits per heavy atom. The molecule has 1 aromatic rings. The second-order valence-electron chi connectivity index (χ2n) is 8.40. The van der Waals surface area contributed by atoms with Gasteiger partial charge < -0.3 is 5.32 Å². The van der Waals surface area contributed by atoms with E-state index in [-0.39, 0.29) is 5.91 Å². The fraction of sp³-hybridized carbons (Fsp3) is 0.650. The van der Waals surface area contributed by atoms with Gasteiger partial charge in [-0.3, -0.25) is 4.79 Å². The average molecular weight is 381 g/mol. The summed E-state index contributed by atoms with van der Waals surface area (Å²) in [6.07, 6.45) is 2.84. The van der Waals surface area contributed by atoms with Crippen molar-refractivity contribution in [3.63, 3.8) is 0 Å². The Kier molecular flexibility index (Phi) is 6.51. The van der Waals surface area contributed by atoms with E-state index in [1.54, 1.807) is 20.8 Å². The molecule has 0 saturated heterocycles. The summed E-state index contributed by atoms with van der Waals surface area (Å²) in [5, 5.41) is 2.96. The molecule has 2 atom stereocenters. The van der Waals surface area contributed by atoms with Crippen molar-refractivity contribution in [3.05, 3.63) is 29.3 Å². The summed E-state index contributed by atoms with van der Waals surface area (Å²) in [5.74, 6) is 1.09. The number of sulfonamides is 1. The van der Waals surface area contributed by atoms with Crippen molar-refractivity contribution in [2.75, 3.05) is 11.9 Å². The fourth-order valence-corrected chi connectivity index (χ4v) is 4.22. The Morgan fingerprint density at radius 2 is 1.77 bits per heavy atom. The number of amides is 1. The van der Waals surface area contributed by atoms with Crippen LogP contribution in [0.25, 0.3) is 0 Å². The third-order valence-corrected chi connectivity index (χ3v) is 7.26. The van der Waals surface area contributed by atoms with Crippen molar-refractivity contribution < 1.29 is 13.2 Å². The molecule has 2 unspecified atom stereocenters. The molecular weight excluding hydrogens is 348 g/mol. The minimum absolute atomic E-state index is 0.0256. The molecule has 2 rings (SSSR count). The number of unbranched alkanes of at least 4 members (excludes halogenated alkanes) is 1. The smallest absolute Gasteiger partial charge is 0.224 e. The minimum Gasteiger partial charge on any atom is -0.326 e. The lowest BCUT2D eigenvalue weighted by atomic mass is 10.0. The van der Waals surface area contributed by atoms with E-state index in [4.69, 9.17) is 0 Å². The molecule has 1 aliphatic rings. The third kappa shape index (κ3) is 5.07. The predicted molar refractivity (Wildman–Crippen MR) is 107 cm³/mol. The molecule has 1 aromatic carbocycles. The van der Waals surface area contributed by atoms with E-state index in [9.17, 15) is 13.2 Å². The summed E-state index contributed by atoms with van der Waals surface area (Å²) in [7, 11) is -3.31. The molecule has 0 aromatic heterocycles. The number of hydrogen-bond donors (Lipinski definition) is 2. The van der Waals surface area contributed by atoms with E-state index < -0.39 is 14.8 Å². The van der Waals surface area contributed by atoms with Gasteiger partial charge in [-0.15, -0.1) is 0 Å². The first kappa shape index (κ1) is 20.9. The largest absolute Gasteiger partial charge is 0.326 e. The van der Waals surface area contributed by atoms with Gasteiger partial charge in [-0.05, 0) is 75.1 Å². The van der Waals surface area contributed by atoms with Gasteiger partial charge in [0.15, 0.2) is 0 Å². The number of nitrogens with one attached hydrogen (secondary N) is 2. The van der Waals surface area contributed by atoms with Crippen LogP contribution in [-0.2, 0) is 14.8 Å². The first-order valence-electron chi connectivity index (χ1n) is 9.44. The highest BCUT2D eigenvalue weighted by Gasteiger charge is 2.28. The Labute approximate surface area is 158 Å². The van der Waals surface area contributed by atoms with Crippen LogP contribution in [0.4, 0.5) is 5.69 Å². The highest BCUT2D eigenvalue weighted by atomic mass is 32.2. The van der Waals surface area contributed by atoms with Gasteiger partial charge >= 0.3 is 0 Å². The van der Waals surface area contributed by atoms with Crippen molar-refractivity contribution in [2.24, 2.45) is 0 Å². The number of anilines is 1. The van der Waals surface area contributed by atoms with Crippen molar-refractivity contribution in [1.29, 1.82) is 0 Å². The summed E-state index contributed by atoms with van der Waals surface area (Å²) in [6.45, 7) is 9.84. The normalized spacial score (nSPS) is 20.0. The Morgan fingerprint density at radius 3 is 2.42 bits per heavy atom. The van der Waals surface area contributed by atoms with Gasteiger partial charge in [-0.1, -0.05) is 19.9 Å². The van der Waals surface area contributed by atoms with E-state index >= 15 is 0 Å². The first-order valence-corrected chi connectivity index (χ1v) is 10.9. The number of benzene rings is 1. The number of fused-ring (bicyclic) bond motifs is 1. The summed E-state index contributed by atoms with van der Waals surface area (Å²) in [6, 6.07) is 6.20. The molecule has 0 spiro atoms. The van der Waals surface area contributed by atoms with Crippen LogP contribution in [0, 0.1) is 0 Å². The second kappa shape index (κ2) is 8.09. The lowest BCUT2D eigenvalue weighted by Crippen LogP contribution is -2.39. The van der Waals surface area contributed by atoms with Gasteiger partial charge in [0, 0.05) is 18.7 Å². The van der Waals surface area contributed by atoms with Crippen LogP contribution in [0.3, 0.4) is 0 Å². The highest BCUT2D eigenvalue weighted by Crippen LogP contribution is 2.42. The van der Waals surface area contributed by atoms with E-state index in [0.29, 0.717) is 37.6 Å². The molecule has 26 heavy (non-hydrogen) atoms. The number of hydrogen-bond acceptors (Lipinski definition) is 3. The van der Waals surface area contributed by atoms with Crippen LogP contribution >= 0.6 is 0 Å². The summed E-state index contributed by atoms with van der Waals surface area (Å²) < 4.78 is 25.7. The molecule has 0 bridgehead atoms. The molecule has 0 radical (unpaired) electrons. The van der Waals surface area contributed by atoms with Gasteiger partial charge in [-0.25, -0.2) is 13.1 Å². The van der Waals surface area contributed by atoms with E-state index in [0.717, 1.165) is 12.1 Å². The monoisotopic (exact) mass is 380 g/mol. The van der Waals surface area contributed by atoms with Crippen LogP contribution in [0.2, 0.25) is 0 Å². The molecule has 1 aliphatic carbocycles. The lowest BCUT2D eigenvalue weighted by molar-refractivity contribution is -0.116. The maximum atomic E-state index is 12.1. The summed E-state index contributed by atoms with van der Waals surface area (Å²) >= 11 is 0. The molecular formula is C20H32N2O3S.